The Kier molecular flexibility index (Phi) is 4.90. The molecule has 0 unspecified atom stereocenters. The molecular formula is C11H10F3NO4S. The standard InChI is InChI=1S/C10H10NO.CHF3O3S/c1-12-11-7-6-9-4-2-3-5-10(9)8-11;2-1(3,4)8(5,6)7/h2-8H,1H3;(H,5,6,7)/q+1;/p-1. The van der Waals surface area contributed by atoms with Gasteiger partial charge in [-0.05, 0) is 11.5 Å². The van der Waals surface area contributed by atoms with Crippen molar-refractivity contribution in [2.45, 2.75) is 5.51 Å². The van der Waals surface area contributed by atoms with Gasteiger partial charge >= 0.3 is 5.51 Å². The lowest BCUT2D eigenvalue weighted by Gasteiger charge is -2.08. The zero-order valence-electron chi connectivity index (χ0n) is 10.2. The number of hydrogen-bond acceptors (Lipinski definition) is 4. The summed E-state index contributed by atoms with van der Waals surface area (Å²) in [5, 5.41) is 2.41. The summed E-state index contributed by atoms with van der Waals surface area (Å²) in [4.78, 5) is 5.04. The van der Waals surface area contributed by atoms with Crippen molar-refractivity contribution < 1.29 is 35.7 Å². The predicted octanol–water partition coefficient (Wildman–Crippen LogP) is 1.24. The van der Waals surface area contributed by atoms with Crippen LogP contribution in [0, 0.1) is 0 Å². The average Bonchev–Trinajstić information content (AvgIpc) is 2.36. The molecule has 20 heavy (non-hydrogen) atoms. The Morgan fingerprint density at radius 2 is 1.65 bits per heavy atom. The van der Waals surface area contributed by atoms with Crippen LogP contribution in [0.5, 0.6) is 0 Å². The van der Waals surface area contributed by atoms with Crippen LogP contribution >= 0.6 is 0 Å². The minimum atomic E-state index is -6.09. The Balaban J connectivity index is 0.000000221. The molecular weight excluding hydrogens is 299 g/mol. The minimum absolute atomic E-state index is 1.18. The SMILES string of the molecule is CO[n+]1ccc2ccccc2c1.O=S(=O)([O-])C(F)(F)F. The van der Waals surface area contributed by atoms with Crippen LogP contribution < -0.4 is 9.57 Å². The first-order chi connectivity index (χ1) is 9.15. The second kappa shape index (κ2) is 6.06. The lowest BCUT2D eigenvalue weighted by atomic mass is 10.2. The van der Waals surface area contributed by atoms with Gasteiger partial charge in [-0.25, -0.2) is 8.42 Å². The van der Waals surface area contributed by atoms with E-state index in [1.807, 2.05) is 30.6 Å². The Morgan fingerprint density at radius 3 is 2.10 bits per heavy atom. The van der Waals surface area contributed by atoms with Gasteiger partial charge in [0.2, 0.25) is 12.4 Å². The number of aromatic nitrogens is 1. The summed E-state index contributed by atoms with van der Waals surface area (Å²) in [6.07, 6.45) is 3.84. The molecule has 0 aliphatic carbocycles. The largest absolute Gasteiger partial charge is 0.741 e. The molecule has 0 saturated carbocycles. The van der Waals surface area contributed by atoms with Gasteiger partial charge in [-0.1, -0.05) is 18.2 Å². The van der Waals surface area contributed by atoms with Gasteiger partial charge in [-0.2, -0.15) is 13.2 Å². The average molecular weight is 309 g/mol. The summed E-state index contributed by atoms with van der Waals surface area (Å²) < 4.78 is 60.6. The van der Waals surface area contributed by atoms with Gasteiger partial charge in [0.05, 0.1) is 5.39 Å². The van der Waals surface area contributed by atoms with Gasteiger partial charge in [0.1, 0.15) is 7.11 Å². The number of rotatable bonds is 1. The number of alkyl halides is 3. The van der Waals surface area contributed by atoms with E-state index in [0.29, 0.717) is 0 Å². The number of pyridine rings is 1. The molecule has 110 valence electrons. The van der Waals surface area contributed by atoms with Gasteiger partial charge in [-0.15, -0.1) is 0 Å². The highest BCUT2D eigenvalue weighted by atomic mass is 32.2. The Labute approximate surface area is 112 Å². The van der Waals surface area contributed by atoms with Crippen LogP contribution in [0.25, 0.3) is 10.8 Å². The third-order valence-electron chi connectivity index (χ3n) is 2.16. The van der Waals surface area contributed by atoms with Crippen molar-refractivity contribution in [3.8, 4) is 0 Å². The van der Waals surface area contributed by atoms with Crippen LogP contribution in [0.3, 0.4) is 0 Å². The number of nitrogens with zero attached hydrogens (tertiary/aromatic N) is 1. The fourth-order valence-electron chi connectivity index (χ4n) is 1.23. The molecule has 0 radical (unpaired) electrons. The molecule has 1 heterocycles. The summed E-state index contributed by atoms with van der Waals surface area (Å²) in [7, 11) is -4.44. The molecule has 0 bridgehead atoms. The maximum absolute atomic E-state index is 10.7. The third-order valence-corrected chi connectivity index (χ3v) is 2.72. The first-order valence-corrected chi connectivity index (χ1v) is 6.52. The second-order valence-corrected chi connectivity index (χ2v) is 4.89. The Bertz CT molecular complexity index is 685. The summed E-state index contributed by atoms with van der Waals surface area (Å²) in [6.45, 7) is 0. The van der Waals surface area contributed by atoms with Gasteiger partial charge < -0.3 is 4.55 Å². The van der Waals surface area contributed by atoms with Crippen molar-refractivity contribution in [2.75, 3.05) is 7.11 Å². The highest BCUT2D eigenvalue weighted by Crippen LogP contribution is 2.20. The van der Waals surface area contributed by atoms with Crippen LogP contribution in [0.15, 0.2) is 42.7 Å². The smallest absolute Gasteiger partial charge is 0.485 e. The van der Waals surface area contributed by atoms with E-state index >= 15 is 0 Å². The lowest BCUT2D eigenvalue weighted by Crippen LogP contribution is -2.39. The van der Waals surface area contributed by atoms with E-state index in [2.05, 4.69) is 12.1 Å². The zero-order valence-corrected chi connectivity index (χ0v) is 11.0. The van der Waals surface area contributed by atoms with Gasteiger partial charge in [0, 0.05) is 10.8 Å². The molecule has 0 atom stereocenters. The van der Waals surface area contributed by atoms with Crippen LogP contribution in [0.4, 0.5) is 13.2 Å². The Hall–Kier alpha value is -1.87. The molecule has 1 aromatic heterocycles. The molecule has 5 nitrogen and oxygen atoms in total. The highest BCUT2D eigenvalue weighted by molar-refractivity contribution is 7.86. The monoisotopic (exact) mass is 309 g/mol. The highest BCUT2D eigenvalue weighted by Gasteiger charge is 2.36. The predicted molar refractivity (Wildman–Crippen MR) is 62.4 cm³/mol. The number of hydrogen-bond donors (Lipinski definition) is 0. The second-order valence-electron chi connectivity index (χ2n) is 3.52. The number of halogens is 3. The molecule has 0 spiro atoms. The fourth-order valence-corrected chi connectivity index (χ4v) is 1.23. The molecule has 0 N–H and O–H groups in total. The molecule has 2 rings (SSSR count). The topological polar surface area (TPSA) is 70.3 Å². The summed E-state index contributed by atoms with van der Waals surface area (Å²) in [6, 6.07) is 10.2. The maximum atomic E-state index is 10.7. The van der Waals surface area contributed by atoms with Crippen molar-refractivity contribution in [3.05, 3.63) is 42.7 Å². The third kappa shape index (κ3) is 4.35. The Morgan fingerprint density at radius 1 is 1.15 bits per heavy atom. The fraction of sp³-hybridized carbons (Fsp3) is 0.182. The van der Waals surface area contributed by atoms with E-state index < -0.39 is 15.6 Å². The molecule has 0 aliphatic rings. The van der Waals surface area contributed by atoms with E-state index in [4.69, 9.17) is 17.8 Å². The van der Waals surface area contributed by atoms with Crippen molar-refractivity contribution in [3.63, 3.8) is 0 Å². The molecule has 0 amide bonds. The summed E-state index contributed by atoms with van der Waals surface area (Å²) >= 11 is 0. The van der Waals surface area contributed by atoms with E-state index in [9.17, 15) is 13.2 Å². The van der Waals surface area contributed by atoms with Crippen LogP contribution in [-0.2, 0) is 10.1 Å². The van der Waals surface area contributed by atoms with Crippen LogP contribution in [0.1, 0.15) is 0 Å². The quantitative estimate of drug-likeness (QED) is 0.451. The minimum Gasteiger partial charge on any atom is -0.741 e. The van der Waals surface area contributed by atoms with Crippen LogP contribution in [-0.4, -0.2) is 25.6 Å². The van der Waals surface area contributed by atoms with Crippen molar-refractivity contribution in [1.29, 1.82) is 0 Å². The van der Waals surface area contributed by atoms with E-state index in [1.54, 1.807) is 11.8 Å². The normalized spacial score (nSPS) is 11.7. The molecule has 0 fully saturated rings. The first-order valence-electron chi connectivity index (χ1n) is 5.12. The van der Waals surface area contributed by atoms with Gasteiger partial charge in [-0.3, -0.25) is 4.84 Å². The number of benzene rings is 1. The first kappa shape index (κ1) is 16.2. The molecule has 0 saturated heterocycles. The summed E-state index contributed by atoms with van der Waals surface area (Å²) in [5.41, 5.74) is -5.65. The maximum Gasteiger partial charge on any atom is 0.485 e. The molecule has 2 aromatic rings. The molecule has 1 aromatic carbocycles. The molecule has 0 aliphatic heterocycles. The van der Waals surface area contributed by atoms with Crippen LogP contribution in [0.2, 0.25) is 0 Å². The van der Waals surface area contributed by atoms with Gasteiger partial charge in [0.25, 0.3) is 0 Å². The summed E-state index contributed by atoms with van der Waals surface area (Å²) in [5.74, 6) is 0. The van der Waals surface area contributed by atoms with Crippen molar-refractivity contribution in [1.82, 2.24) is 0 Å². The zero-order chi connectivity index (χ0) is 15.4. The van der Waals surface area contributed by atoms with E-state index in [1.165, 1.54) is 10.8 Å². The van der Waals surface area contributed by atoms with Crippen molar-refractivity contribution in [2.24, 2.45) is 0 Å². The van der Waals surface area contributed by atoms with E-state index in [-0.39, 0.29) is 0 Å². The molecule has 9 heteroatoms. The van der Waals surface area contributed by atoms with E-state index in [0.717, 1.165) is 0 Å². The van der Waals surface area contributed by atoms with Gasteiger partial charge in [0.15, 0.2) is 10.1 Å². The number of fused-ring (bicyclic) bond motifs is 1. The lowest BCUT2D eigenvalue weighted by molar-refractivity contribution is -0.884. The van der Waals surface area contributed by atoms with Crippen molar-refractivity contribution >= 4 is 20.9 Å².